The maximum Gasteiger partial charge on any atom is 0.233 e. The Kier molecular flexibility index (Phi) is 7.27. The van der Waals surface area contributed by atoms with E-state index < -0.39 is 0 Å². The number of carbonyl (C=O) groups excluding carboxylic acids is 1. The van der Waals surface area contributed by atoms with E-state index in [9.17, 15) is 9.18 Å². The van der Waals surface area contributed by atoms with E-state index in [1.807, 2.05) is 60.0 Å². The number of aryl methyl sites for hydroxylation is 1. The quantitative estimate of drug-likeness (QED) is 0.330. The molecule has 1 aromatic heterocycles. The van der Waals surface area contributed by atoms with Gasteiger partial charge in [-0.15, -0.1) is 10.2 Å². The molecule has 6 nitrogen and oxygen atoms in total. The lowest BCUT2D eigenvalue weighted by atomic mass is 10.2. The summed E-state index contributed by atoms with van der Waals surface area (Å²) in [5.74, 6) is 1.29. The maximum atomic E-state index is 13.1. The van der Waals surface area contributed by atoms with Crippen LogP contribution >= 0.6 is 11.8 Å². The van der Waals surface area contributed by atoms with Gasteiger partial charge in [-0.3, -0.25) is 9.36 Å². The smallest absolute Gasteiger partial charge is 0.233 e. The predicted molar refractivity (Wildman–Crippen MR) is 132 cm³/mol. The first-order valence-corrected chi connectivity index (χ1v) is 11.7. The molecule has 0 atom stereocenters. The molecule has 34 heavy (non-hydrogen) atoms. The molecular weight excluding hydrogens is 451 g/mol. The average Bonchev–Trinajstić information content (AvgIpc) is 3.28. The number of nitrogens with zero attached hydrogens (tertiary/aromatic N) is 4. The Labute approximate surface area is 202 Å². The second-order valence-electron chi connectivity index (χ2n) is 7.87. The van der Waals surface area contributed by atoms with Crippen LogP contribution in [0.5, 0.6) is 5.75 Å². The number of carbonyl (C=O) groups is 1. The largest absolute Gasteiger partial charge is 0.497 e. The van der Waals surface area contributed by atoms with E-state index in [0.717, 1.165) is 28.1 Å². The molecule has 4 rings (SSSR count). The van der Waals surface area contributed by atoms with Crippen molar-refractivity contribution in [3.05, 3.63) is 89.7 Å². The van der Waals surface area contributed by atoms with Crippen LogP contribution in [-0.4, -0.2) is 45.5 Å². The summed E-state index contributed by atoms with van der Waals surface area (Å²) < 4.78 is 20.4. The van der Waals surface area contributed by atoms with E-state index in [1.165, 1.54) is 23.9 Å². The van der Waals surface area contributed by atoms with Gasteiger partial charge in [0.1, 0.15) is 11.6 Å². The molecule has 0 saturated carbocycles. The highest BCUT2D eigenvalue weighted by molar-refractivity contribution is 7.99. The molecule has 0 bridgehead atoms. The second-order valence-corrected chi connectivity index (χ2v) is 8.81. The Morgan fingerprint density at radius 1 is 1.00 bits per heavy atom. The van der Waals surface area contributed by atoms with Crippen LogP contribution in [-0.2, 0) is 11.3 Å². The zero-order chi connectivity index (χ0) is 24.1. The molecule has 0 N–H and O–H groups in total. The molecule has 0 aliphatic rings. The molecule has 1 amide bonds. The number of halogens is 1. The molecule has 0 aliphatic carbocycles. The van der Waals surface area contributed by atoms with Crippen molar-refractivity contribution in [3.8, 4) is 22.8 Å². The highest BCUT2D eigenvalue weighted by atomic mass is 32.2. The zero-order valence-corrected chi connectivity index (χ0v) is 20.1. The number of ether oxygens (including phenoxy) is 1. The van der Waals surface area contributed by atoms with Crippen LogP contribution in [0, 0.1) is 12.7 Å². The van der Waals surface area contributed by atoms with Gasteiger partial charge in [0.05, 0.1) is 12.9 Å². The van der Waals surface area contributed by atoms with Crippen molar-refractivity contribution in [3.63, 3.8) is 0 Å². The van der Waals surface area contributed by atoms with Crippen LogP contribution in [0.15, 0.2) is 78.0 Å². The van der Waals surface area contributed by atoms with Crippen molar-refractivity contribution in [1.82, 2.24) is 19.7 Å². The number of methoxy groups -OCH3 is 1. The highest BCUT2D eigenvalue weighted by Crippen LogP contribution is 2.29. The fourth-order valence-electron chi connectivity index (χ4n) is 3.41. The van der Waals surface area contributed by atoms with Crippen molar-refractivity contribution in [2.45, 2.75) is 18.6 Å². The minimum Gasteiger partial charge on any atom is -0.497 e. The molecule has 0 aliphatic heterocycles. The Morgan fingerprint density at radius 3 is 2.32 bits per heavy atom. The van der Waals surface area contributed by atoms with Crippen molar-refractivity contribution < 1.29 is 13.9 Å². The normalized spacial score (nSPS) is 10.8. The van der Waals surface area contributed by atoms with Crippen molar-refractivity contribution in [2.75, 3.05) is 19.9 Å². The fraction of sp³-hybridized carbons (Fsp3) is 0.192. The molecule has 0 unspecified atom stereocenters. The van der Waals surface area contributed by atoms with E-state index >= 15 is 0 Å². The topological polar surface area (TPSA) is 60.3 Å². The van der Waals surface area contributed by atoms with Crippen LogP contribution < -0.4 is 4.74 Å². The van der Waals surface area contributed by atoms with Gasteiger partial charge in [0.2, 0.25) is 5.91 Å². The summed E-state index contributed by atoms with van der Waals surface area (Å²) in [4.78, 5) is 14.4. The van der Waals surface area contributed by atoms with Gasteiger partial charge in [0.25, 0.3) is 0 Å². The molecule has 3 aromatic carbocycles. The van der Waals surface area contributed by atoms with E-state index in [4.69, 9.17) is 4.74 Å². The van der Waals surface area contributed by atoms with Crippen molar-refractivity contribution >= 4 is 17.7 Å². The lowest BCUT2D eigenvalue weighted by Gasteiger charge is -2.17. The van der Waals surface area contributed by atoms with Gasteiger partial charge in [-0.2, -0.15) is 0 Å². The van der Waals surface area contributed by atoms with Crippen molar-refractivity contribution in [2.24, 2.45) is 0 Å². The van der Waals surface area contributed by atoms with E-state index in [2.05, 4.69) is 10.2 Å². The summed E-state index contributed by atoms with van der Waals surface area (Å²) >= 11 is 1.33. The van der Waals surface area contributed by atoms with Gasteiger partial charge in [0.15, 0.2) is 11.0 Å². The van der Waals surface area contributed by atoms with E-state index in [1.54, 1.807) is 31.2 Å². The molecule has 0 radical (unpaired) electrons. The Morgan fingerprint density at radius 2 is 1.68 bits per heavy atom. The Balaban J connectivity index is 1.56. The predicted octanol–water partition coefficient (Wildman–Crippen LogP) is 5.14. The lowest BCUT2D eigenvalue weighted by Crippen LogP contribution is -2.27. The molecule has 0 fully saturated rings. The number of rotatable bonds is 8. The molecule has 8 heteroatoms. The average molecular weight is 477 g/mol. The number of aromatic nitrogens is 3. The third kappa shape index (κ3) is 5.46. The molecule has 0 saturated heterocycles. The molecular formula is C26H25FN4O2S. The number of amides is 1. The summed E-state index contributed by atoms with van der Waals surface area (Å²) in [6, 6.07) is 21.9. The first kappa shape index (κ1) is 23.5. The summed E-state index contributed by atoms with van der Waals surface area (Å²) in [6.07, 6.45) is 0. The number of hydrogen-bond donors (Lipinski definition) is 0. The van der Waals surface area contributed by atoms with Crippen LogP contribution in [0.2, 0.25) is 0 Å². The SMILES string of the molecule is COc1ccc(-c2nnc(SCC(=O)N(C)Cc3ccc(F)cc3)n2-c2ccc(C)cc2)cc1. The van der Waals surface area contributed by atoms with Gasteiger partial charge in [0, 0.05) is 24.8 Å². The van der Waals surface area contributed by atoms with Crippen LogP contribution in [0.1, 0.15) is 11.1 Å². The number of benzene rings is 3. The third-order valence-corrected chi connectivity index (χ3v) is 6.27. The van der Waals surface area contributed by atoms with Gasteiger partial charge < -0.3 is 9.64 Å². The number of hydrogen-bond acceptors (Lipinski definition) is 5. The van der Waals surface area contributed by atoms with Crippen molar-refractivity contribution in [1.29, 1.82) is 0 Å². The van der Waals surface area contributed by atoms with Gasteiger partial charge in [-0.1, -0.05) is 41.6 Å². The minimum absolute atomic E-state index is 0.0567. The van der Waals surface area contributed by atoms with Crippen LogP contribution in [0.3, 0.4) is 0 Å². The number of thioether (sulfide) groups is 1. The fourth-order valence-corrected chi connectivity index (χ4v) is 4.30. The van der Waals surface area contributed by atoms with Crippen LogP contribution in [0.4, 0.5) is 4.39 Å². The van der Waals surface area contributed by atoms with Gasteiger partial charge in [-0.05, 0) is 61.0 Å². The molecule has 174 valence electrons. The Hall–Kier alpha value is -3.65. The van der Waals surface area contributed by atoms with Gasteiger partial charge in [-0.25, -0.2) is 4.39 Å². The maximum absolute atomic E-state index is 13.1. The zero-order valence-electron chi connectivity index (χ0n) is 19.2. The van der Waals surface area contributed by atoms with Crippen LogP contribution in [0.25, 0.3) is 17.1 Å². The standard InChI is InChI=1S/C26H25FN4O2S/c1-18-4-12-22(13-5-18)31-25(20-8-14-23(33-3)15-9-20)28-29-26(31)34-17-24(32)30(2)16-19-6-10-21(27)11-7-19/h4-15H,16-17H2,1-3H3. The monoisotopic (exact) mass is 476 g/mol. The summed E-state index contributed by atoms with van der Waals surface area (Å²) in [5.41, 5.74) is 3.82. The molecule has 1 heterocycles. The van der Waals surface area contributed by atoms with E-state index in [-0.39, 0.29) is 17.5 Å². The highest BCUT2D eigenvalue weighted by Gasteiger charge is 2.19. The Bertz CT molecular complexity index is 1260. The first-order chi connectivity index (χ1) is 16.4. The summed E-state index contributed by atoms with van der Waals surface area (Å²) in [5, 5.41) is 9.44. The minimum atomic E-state index is -0.295. The molecule has 0 spiro atoms. The molecule has 4 aromatic rings. The van der Waals surface area contributed by atoms with E-state index in [0.29, 0.717) is 17.5 Å². The first-order valence-electron chi connectivity index (χ1n) is 10.7. The van der Waals surface area contributed by atoms with Gasteiger partial charge >= 0.3 is 0 Å². The third-order valence-electron chi connectivity index (χ3n) is 5.36. The lowest BCUT2D eigenvalue weighted by molar-refractivity contribution is -0.127. The summed E-state index contributed by atoms with van der Waals surface area (Å²) in [7, 11) is 3.36. The summed E-state index contributed by atoms with van der Waals surface area (Å²) in [6.45, 7) is 2.44. The second kappa shape index (κ2) is 10.5.